The van der Waals surface area contributed by atoms with Crippen molar-refractivity contribution in [1.29, 1.82) is 0 Å². The minimum Gasteiger partial charge on any atom is -0.273 e. The van der Waals surface area contributed by atoms with Crippen LogP contribution in [0, 0.1) is 0 Å². The number of amides is 2. The molecule has 4 nitrogen and oxygen atoms in total. The summed E-state index contributed by atoms with van der Waals surface area (Å²) in [5, 5.41) is 0. The Morgan fingerprint density at radius 1 is 1.11 bits per heavy atom. The summed E-state index contributed by atoms with van der Waals surface area (Å²) in [6.45, 7) is 1.85. The van der Waals surface area contributed by atoms with E-state index in [1.807, 2.05) is 37.3 Å². The van der Waals surface area contributed by atoms with E-state index in [1.165, 1.54) is 6.08 Å². The first-order valence-corrected chi connectivity index (χ1v) is 5.64. The maximum Gasteiger partial charge on any atom is 0.262 e. The predicted octanol–water partition coefficient (Wildman–Crippen LogP) is 1.51. The van der Waals surface area contributed by atoms with Crippen molar-refractivity contribution in [3.63, 3.8) is 0 Å². The molecular weight excluding hydrogens is 228 g/mol. The van der Waals surface area contributed by atoms with Crippen molar-refractivity contribution in [2.45, 2.75) is 13.3 Å². The number of benzene rings is 1. The second-order valence-electron chi connectivity index (χ2n) is 3.58. The van der Waals surface area contributed by atoms with Crippen LogP contribution in [-0.2, 0) is 16.0 Å². The van der Waals surface area contributed by atoms with Crippen LogP contribution in [0.4, 0.5) is 0 Å². The molecule has 0 aromatic heterocycles. The van der Waals surface area contributed by atoms with E-state index in [4.69, 9.17) is 0 Å². The highest BCUT2D eigenvalue weighted by Crippen LogP contribution is 1.98. The van der Waals surface area contributed by atoms with Crippen LogP contribution in [0.25, 0.3) is 0 Å². The predicted molar refractivity (Wildman–Crippen MR) is 70.4 cm³/mol. The van der Waals surface area contributed by atoms with Crippen molar-refractivity contribution < 1.29 is 9.59 Å². The van der Waals surface area contributed by atoms with Crippen LogP contribution in [0.1, 0.15) is 12.5 Å². The average Bonchev–Trinajstić information content (AvgIpc) is 2.38. The number of hydrogen-bond donors (Lipinski definition) is 2. The van der Waals surface area contributed by atoms with Crippen LogP contribution in [0.2, 0.25) is 0 Å². The molecule has 0 radical (unpaired) electrons. The third-order valence-electron chi connectivity index (χ3n) is 2.08. The van der Waals surface area contributed by atoms with Gasteiger partial charge in [0.25, 0.3) is 5.91 Å². The van der Waals surface area contributed by atoms with Gasteiger partial charge in [0.1, 0.15) is 0 Å². The van der Waals surface area contributed by atoms with E-state index in [9.17, 15) is 9.59 Å². The summed E-state index contributed by atoms with van der Waals surface area (Å²) in [4.78, 5) is 22.7. The van der Waals surface area contributed by atoms with Gasteiger partial charge in [0.2, 0.25) is 5.91 Å². The highest BCUT2D eigenvalue weighted by atomic mass is 16.2. The van der Waals surface area contributed by atoms with E-state index in [2.05, 4.69) is 10.9 Å². The molecular formula is C14H16N2O2. The summed E-state index contributed by atoms with van der Waals surface area (Å²) < 4.78 is 0. The number of carbonyl (C=O) groups is 2. The van der Waals surface area contributed by atoms with Crippen molar-refractivity contribution in [2.24, 2.45) is 0 Å². The Hall–Kier alpha value is -2.36. The van der Waals surface area contributed by atoms with Gasteiger partial charge < -0.3 is 0 Å². The molecule has 18 heavy (non-hydrogen) atoms. The number of carbonyl (C=O) groups excluding carboxylic acids is 2. The molecule has 94 valence electrons. The van der Waals surface area contributed by atoms with Crippen molar-refractivity contribution in [3.8, 4) is 0 Å². The lowest BCUT2D eigenvalue weighted by atomic mass is 10.1. The van der Waals surface area contributed by atoms with Gasteiger partial charge in [0.05, 0.1) is 6.42 Å². The number of nitrogens with one attached hydrogen (secondary N) is 2. The molecule has 1 aromatic carbocycles. The van der Waals surface area contributed by atoms with Crippen molar-refractivity contribution in [3.05, 3.63) is 60.2 Å². The molecule has 0 spiro atoms. The zero-order valence-electron chi connectivity index (χ0n) is 10.2. The van der Waals surface area contributed by atoms with Crippen LogP contribution in [0.3, 0.4) is 0 Å². The first kappa shape index (κ1) is 13.7. The van der Waals surface area contributed by atoms with Crippen LogP contribution in [-0.4, -0.2) is 11.8 Å². The molecule has 1 aromatic rings. The second-order valence-corrected chi connectivity index (χ2v) is 3.58. The van der Waals surface area contributed by atoms with Gasteiger partial charge in [-0.1, -0.05) is 48.6 Å². The molecule has 0 saturated heterocycles. The van der Waals surface area contributed by atoms with E-state index in [-0.39, 0.29) is 18.2 Å². The maximum atomic E-state index is 11.5. The smallest absolute Gasteiger partial charge is 0.262 e. The summed E-state index contributed by atoms with van der Waals surface area (Å²) in [5.74, 6) is -0.622. The first-order chi connectivity index (χ1) is 8.72. The zero-order valence-corrected chi connectivity index (χ0v) is 10.2. The lowest BCUT2D eigenvalue weighted by Gasteiger charge is -2.04. The molecule has 0 heterocycles. The summed E-state index contributed by atoms with van der Waals surface area (Å²) in [6.07, 6.45) is 6.70. The molecule has 0 aliphatic rings. The lowest BCUT2D eigenvalue weighted by molar-refractivity contribution is -0.126. The van der Waals surface area contributed by atoms with Gasteiger partial charge in [0, 0.05) is 6.08 Å². The Morgan fingerprint density at radius 3 is 2.50 bits per heavy atom. The van der Waals surface area contributed by atoms with Gasteiger partial charge in [-0.05, 0) is 12.5 Å². The Balaban J connectivity index is 2.31. The number of allylic oxidation sites excluding steroid dienone is 3. The highest BCUT2D eigenvalue weighted by Gasteiger charge is 2.02. The Bertz CT molecular complexity index is 450. The van der Waals surface area contributed by atoms with Crippen LogP contribution in [0.15, 0.2) is 54.6 Å². The topological polar surface area (TPSA) is 58.2 Å². The monoisotopic (exact) mass is 244 g/mol. The molecule has 1 rings (SSSR count). The van der Waals surface area contributed by atoms with Crippen LogP contribution in [0.5, 0.6) is 0 Å². The normalized spacial score (nSPS) is 10.7. The highest BCUT2D eigenvalue weighted by molar-refractivity contribution is 5.90. The van der Waals surface area contributed by atoms with Gasteiger partial charge in [-0.2, -0.15) is 0 Å². The van der Waals surface area contributed by atoms with Crippen LogP contribution >= 0.6 is 0 Å². The number of hydrogen-bond acceptors (Lipinski definition) is 2. The van der Waals surface area contributed by atoms with Crippen LogP contribution < -0.4 is 10.9 Å². The Labute approximate surface area is 106 Å². The van der Waals surface area contributed by atoms with Gasteiger partial charge in [-0.15, -0.1) is 0 Å². The Kier molecular flexibility index (Phi) is 5.97. The largest absolute Gasteiger partial charge is 0.273 e. The van der Waals surface area contributed by atoms with Crippen molar-refractivity contribution in [1.82, 2.24) is 10.9 Å². The van der Waals surface area contributed by atoms with Crippen molar-refractivity contribution >= 4 is 11.8 Å². The summed E-state index contributed by atoms with van der Waals surface area (Å²) in [6, 6.07) is 9.32. The lowest BCUT2D eigenvalue weighted by Crippen LogP contribution is -2.41. The third-order valence-corrected chi connectivity index (χ3v) is 2.08. The van der Waals surface area contributed by atoms with E-state index < -0.39 is 0 Å². The SMILES string of the molecule is C/C=C/C=C/C(=O)NNC(=O)Cc1ccccc1. The molecule has 0 aliphatic carbocycles. The van der Waals surface area contributed by atoms with Crippen molar-refractivity contribution in [2.75, 3.05) is 0 Å². The number of hydrazine groups is 1. The first-order valence-electron chi connectivity index (χ1n) is 5.64. The molecule has 4 heteroatoms. The molecule has 0 atom stereocenters. The van der Waals surface area contributed by atoms with E-state index in [0.717, 1.165) is 5.56 Å². The standard InChI is InChI=1S/C14H16N2O2/c1-2-3-5-10-13(17)15-16-14(18)11-12-8-6-4-7-9-12/h2-10H,11H2,1H3,(H,15,17)(H,16,18)/b3-2+,10-5+. The zero-order chi connectivity index (χ0) is 13.2. The average molecular weight is 244 g/mol. The molecule has 0 unspecified atom stereocenters. The third kappa shape index (κ3) is 5.65. The summed E-state index contributed by atoms with van der Waals surface area (Å²) in [7, 11) is 0. The molecule has 2 N–H and O–H groups in total. The summed E-state index contributed by atoms with van der Waals surface area (Å²) in [5.41, 5.74) is 5.54. The van der Waals surface area contributed by atoms with Gasteiger partial charge >= 0.3 is 0 Å². The molecule has 0 fully saturated rings. The van der Waals surface area contributed by atoms with Gasteiger partial charge in [0.15, 0.2) is 0 Å². The van der Waals surface area contributed by atoms with E-state index in [1.54, 1.807) is 18.2 Å². The Morgan fingerprint density at radius 2 is 1.83 bits per heavy atom. The quantitative estimate of drug-likeness (QED) is 0.479. The molecule has 0 bridgehead atoms. The minimum absolute atomic E-state index is 0.236. The van der Waals surface area contributed by atoms with E-state index in [0.29, 0.717) is 0 Å². The van der Waals surface area contributed by atoms with Gasteiger partial charge in [-0.3, -0.25) is 20.4 Å². The minimum atomic E-state index is -0.366. The molecule has 0 saturated carbocycles. The fourth-order valence-electron chi connectivity index (χ4n) is 1.25. The van der Waals surface area contributed by atoms with Gasteiger partial charge in [-0.25, -0.2) is 0 Å². The molecule has 0 aliphatic heterocycles. The van der Waals surface area contributed by atoms with E-state index >= 15 is 0 Å². The fourth-order valence-corrected chi connectivity index (χ4v) is 1.25. The molecule has 2 amide bonds. The second kappa shape index (κ2) is 7.84. The summed E-state index contributed by atoms with van der Waals surface area (Å²) >= 11 is 0. The number of rotatable bonds is 4. The fraction of sp³-hybridized carbons (Fsp3) is 0.143. The maximum absolute atomic E-state index is 11.5.